The first-order valence-corrected chi connectivity index (χ1v) is 10.1. The zero-order valence-corrected chi connectivity index (χ0v) is 18.5. The van der Waals surface area contributed by atoms with Gasteiger partial charge in [-0.1, -0.05) is 55.3 Å². The maximum absolute atomic E-state index is 12.6. The van der Waals surface area contributed by atoms with Gasteiger partial charge in [-0.15, -0.1) is 12.4 Å². The fourth-order valence-electron chi connectivity index (χ4n) is 3.42. The average molecular weight is 422 g/mol. The average Bonchev–Trinajstić information content (AvgIpc) is 3.22. The smallest absolute Gasteiger partial charge is 0.244 e. The zero-order chi connectivity index (χ0) is 20.3. The third-order valence-corrected chi connectivity index (χ3v) is 5.82. The third kappa shape index (κ3) is 5.35. The quantitative estimate of drug-likeness (QED) is 0.771. The van der Waals surface area contributed by atoms with Gasteiger partial charge in [0.25, 0.3) is 0 Å². The molecule has 3 rings (SSSR count). The highest BCUT2D eigenvalue weighted by Crippen LogP contribution is 2.24. The summed E-state index contributed by atoms with van der Waals surface area (Å²) in [5.41, 5.74) is 8.26. The van der Waals surface area contributed by atoms with Gasteiger partial charge < -0.3 is 15.2 Å². The molecular formula is C21H32ClN5O2. The number of hydrogen-bond acceptors (Lipinski definition) is 6. The topological polar surface area (TPSA) is 88.5 Å². The molecule has 0 bridgehead atoms. The van der Waals surface area contributed by atoms with Gasteiger partial charge in [-0.3, -0.25) is 9.69 Å². The van der Waals surface area contributed by atoms with Crippen molar-refractivity contribution in [2.75, 3.05) is 26.2 Å². The molecule has 1 amide bonds. The second kappa shape index (κ2) is 10.2. The Kier molecular flexibility index (Phi) is 8.19. The van der Waals surface area contributed by atoms with E-state index in [1.807, 2.05) is 43.0 Å². The molecule has 160 valence electrons. The Hall–Kier alpha value is -1.96. The van der Waals surface area contributed by atoms with Crippen molar-refractivity contribution in [1.29, 1.82) is 0 Å². The molecule has 1 saturated heterocycles. The summed E-state index contributed by atoms with van der Waals surface area (Å²) in [6.07, 6.45) is 0.907. The van der Waals surface area contributed by atoms with E-state index in [0.717, 1.165) is 25.1 Å². The lowest BCUT2D eigenvalue weighted by molar-refractivity contribution is -0.135. The van der Waals surface area contributed by atoms with Gasteiger partial charge in [-0.25, -0.2) is 0 Å². The molecular weight excluding hydrogens is 390 g/mol. The number of halogens is 1. The molecule has 2 aromatic rings. The lowest BCUT2D eigenvalue weighted by Crippen LogP contribution is -2.54. The molecule has 2 N–H and O–H groups in total. The van der Waals surface area contributed by atoms with Crippen LogP contribution < -0.4 is 5.73 Å². The molecule has 29 heavy (non-hydrogen) atoms. The minimum Gasteiger partial charge on any atom is -0.339 e. The van der Waals surface area contributed by atoms with Crippen LogP contribution in [0.25, 0.3) is 11.4 Å². The van der Waals surface area contributed by atoms with E-state index < -0.39 is 6.04 Å². The Morgan fingerprint density at radius 1 is 1.17 bits per heavy atom. The van der Waals surface area contributed by atoms with E-state index in [4.69, 9.17) is 10.3 Å². The van der Waals surface area contributed by atoms with Gasteiger partial charge in [-0.2, -0.15) is 4.98 Å². The van der Waals surface area contributed by atoms with Crippen LogP contribution in [0.15, 0.2) is 28.8 Å². The van der Waals surface area contributed by atoms with E-state index in [-0.39, 0.29) is 30.3 Å². The highest BCUT2D eigenvalue weighted by atomic mass is 35.5. The molecule has 0 spiro atoms. The first kappa shape index (κ1) is 23.3. The number of rotatable bonds is 6. The molecule has 3 unspecified atom stereocenters. The van der Waals surface area contributed by atoms with Gasteiger partial charge >= 0.3 is 0 Å². The van der Waals surface area contributed by atoms with Crippen LogP contribution >= 0.6 is 12.4 Å². The number of amides is 1. The zero-order valence-electron chi connectivity index (χ0n) is 17.7. The summed E-state index contributed by atoms with van der Waals surface area (Å²) < 4.78 is 5.52. The van der Waals surface area contributed by atoms with E-state index in [1.165, 1.54) is 5.56 Å². The van der Waals surface area contributed by atoms with Crippen molar-refractivity contribution in [2.45, 2.75) is 46.2 Å². The summed E-state index contributed by atoms with van der Waals surface area (Å²) in [6, 6.07) is 7.66. The number of aromatic nitrogens is 2. The number of aryl methyl sites for hydroxylation is 1. The van der Waals surface area contributed by atoms with Crippen molar-refractivity contribution in [3.63, 3.8) is 0 Å². The predicted molar refractivity (Wildman–Crippen MR) is 116 cm³/mol. The molecule has 8 heteroatoms. The van der Waals surface area contributed by atoms with E-state index in [1.54, 1.807) is 0 Å². The van der Waals surface area contributed by atoms with Gasteiger partial charge in [0.15, 0.2) is 0 Å². The predicted octanol–water partition coefficient (Wildman–Crippen LogP) is 3.05. The molecule has 0 radical (unpaired) electrons. The van der Waals surface area contributed by atoms with Crippen LogP contribution in [0.1, 0.15) is 44.7 Å². The van der Waals surface area contributed by atoms with Gasteiger partial charge in [0.2, 0.25) is 17.6 Å². The molecule has 1 aromatic carbocycles. The Morgan fingerprint density at radius 2 is 1.79 bits per heavy atom. The van der Waals surface area contributed by atoms with Crippen LogP contribution in [0, 0.1) is 12.8 Å². The fourth-order valence-corrected chi connectivity index (χ4v) is 3.42. The van der Waals surface area contributed by atoms with Crippen LogP contribution in [0.3, 0.4) is 0 Å². The Labute approximate surface area is 179 Å². The number of carbonyl (C=O) groups excluding carboxylic acids is 1. The molecule has 3 atom stereocenters. The first-order chi connectivity index (χ1) is 13.4. The van der Waals surface area contributed by atoms with Crippen molar-refractivity contribution in [3.05, 3.63) is 35.7 Å². The maximum Gasteiger partial charge on any atom is 0.244 e. The van der Waals surface area contributed by atoms with E-state index in [0.29, 0.717) is 24.8 Å². The lowest BCUT2D eigenvalue weighted by atomic mass is 9.98. The maximum atomic E-state index is 12.6. The summed E-state index contributed by atoms with van der Waals surface area (Å²) in [5, 5.41) is 4.13. The van der Waals surface area contributed by atoms with Crippen molar-refractivity contribution in [1.82, 2.24) is 19.9 Å². The molecule has 1 aromatic heterocycles. The molecule has 1 fully saturated rings. The van der Waals surface area contributed by atoms with E-state index in [2.05, 4.69) is 28.9 Å². The minimum atomic E-state index is -0.415. The van der Waals surface area contributed by atoms with Gasteiger partial charge in [0.1, 0.15) is 0 Å². The Balaban J connectivity index is 0.00000300. The number of benzene rings is 1. The highest BCUT2D eigenvalue weighted by Gasteiger charge is 2.31. The summed E-state index contributed by atoms with van der Waals surface area (Å²) in [7, 11) is 0. The van der Waals surface area contributed by atoms with Gasteiger partial charge in [0, 0.05) is 31.7 Å². The van der Waals surface area contributed by atoms with Crippen LogP contribution in [0.2, 0.25) is 0 Å². The Morgan fingerprint density at radius 3 is 2.38 bits per heavy atom. The van der Waals surface area contributed by atoms with Crippen molar-refractivity contribution < 1.29 is 9.32 Å². The second-order valence-corrected chi connectivity index (χ2v) is 7.77. The largest absolute Gasteiger partial charge is 0.339 e. The summed E-state index contributed by atoms with van der Waals surface area (Å²) >= 11 is 0. The van der Waals surface area contributed by atoms with Crippen LogP contribution in [-0.2, 0) is 4.79 Å². The van der Waals surface area contributed by atoms with Crippen LogP contribution in [0.5, 0.6) is 0 Å². The molecule has 7 nitrogen and oxygen atoms in total. The number of nitrogens with zero attached hydrogens (tertiary/aromatic N) is 4. The number of nitrogens with two attached hydrogens (primary N) is 1. The minimum absolute atomic E-state index is 0. The summed E-state index contributed by atoms with van der Waals surface area (Å²) in [4.78, 5) is 21.3. The molecule has 1 aliphatic heterocycles. The van der Waals surface area contributed by atoms with Crippen molar-refractivity contribution in [2.24, 2.45) is 11.7 Å². The molecule has 2 heterocycles. The first-order valence-electron chi connectivity index (χ1n) is 10.1. The Bertz CT molecular complexity index is 787. The highest BCUT2D eigenvalue weighted by molar-refractivity contribution is 5.85. The van der Waals surface area contributed by atoms with Crippen molar-refractivity contribution >= 4 is 18.3 Å². The number of carbonyl (C=O) groups is 1. The monoisotopic (exact) mass is 421 g/mol. The lowest BCUT2D eigenvalue weighted by Gasteiger charge is -2.38. The van der Waals surface area contributed by atoms with Gasteiger partial charge in [0.05, 0.1) is 12.1 Å². The van der Waals surface area contributed by atoms with Gasteiger partial charge in [-0.05, 0) is 19.8 Å². The number of piperazine rings is 1. The molecule has 0 aliphatic carbocycles. The fraction of sp³-hybridized carbons (Fsp3) is 0.571. The third-order valence-electron chi connectivity index (χ3n) is 5.82. The van der Waals surface area contributed by atoms with Crippen LogP contribution in [-0.4, -0.2) is 58.1 Å². The summed E-state index contributed by atoms with van der Waals surface area (Å²) in [5.74, 6) is 1.46. The van der Waals surface area contributed by atoms with Crippen LogP contribution in [0.4, 0.5) is 0 Å². The SMILES string of the molecule is CCC(C)C(N)C(=O)N1CCN(C(C)c2nc(-c3ccc(C)cc3)no2)CC1.Cl. The van der Waals surface area contributed by atoms with Crippen molar-refractivity contribution in [3.8, 4) is 11.4 Å². The number of hydrogen-bond donors (Lipinski definition) is 1. The molecule has 0 saturated carbocycles. The second-order valence-electron chi connectivity index (χ2n) is 7.77. The van der Waals surface area contributed by atoms with E-state index >= 15 is 0 Å². The van der Waals surface area contributed by atoms with E-state index in [9.17, 15) is 4.79 Å². The summed E-state index contributed by atoms with van der Waals surface area (Å²) in [6.45, 7) is 11.1. The normalized spacial score (nSPS) is 18.0. The standard InChI is InChI=1S/C21H31N5O2.ClH/c1-5-15(3)18(22)21(27)26-12-10-25(11-13-26)16(4)20-23-19(24-28-20)17-8-6-14(2)7-9-17;/h6-9,15-16,18H,5,10-13,22H2,1-4H3;1H. The molecule has 1 aliphatic rings.